The second-order valence-electron chi connectivity index (χ2n) is 4.66. The molecule has 1 heterocycles. The molecule has 1 unspecified atom stereocenters. The van der Waals surface area contributed by atoms with E-state index in [1.807, 2.05) is 16.9 Å². The highest BCUT2D eigenvalue weighted by Gasteiger charge is 2.17. The number of nitrogens with zero attached hydrogens (tertiary/aromatic N) is 2. The first-order chi connectivity index (χ1) is 8.65. The lowest BCUT2D eigenvalue weighted by atomic mass is 10.3. The van der Waals surface area contributed by atoms with Gasteiger partial charge in [-0.05, 0) is 18.9 Å². The maximum absolute atomic E-state index is 11.6. The summed E-state index contributed by atoms with van der Waals surface area (Å²) in [5.74, 6) is -0.349. The molecule has 6 heteroatoms. The molecule has 1 saturated carbocycles. The van der Waals surface area contributed by atoms with Crippen LogP contribution in [0.15, 0.2) is 12.3 Å². The average Bonchev–Trinajstić information content (AvgIpc) is 2.95. The lowest BCUT2D eigenvalue weighted by Gasteiger charge is -2.08. The molecular weight excluding hydrogens is 252 g/mol. The Morgan fingerprint density at radius 2 is 2.22 bits per heavy atom. The predicted molar refractivity (Wildman–Crippen MR) is 68.7 cm³/mol. The Kier molecular flexibility index (Phi) is 4.52. The number of hydrogen-bond acceptors (Lipinski definition) is 3. The Morgan fingerprint density at radius 1 is 1.50 bits per heavy atom. The predicted octanol–water partition coefficient (Wildman–Crippen LogP) is 1.72. The Labute approximate surface area is 109 Å². The van der Waals surface area contributed by atoms with Crippen LogP contribution in [0, 0.1) is 0 Å². The molecule has 0 radical (unpaired) electrons. The largest absolute Gasteiger partial charge is 0.481 e. The zero-order valence-corrected chi connectivity index (χ0v) is 11.1. The molecule has 1 aliphatic rings. The van der Waals surface area contributed by atoms with Gasteiger partial charge in [0, 0.05) is 22.7 Å². The van der Waals surface area contributed by atoms with Gasteiger partial charge in [-0.2, -0.15) is 5.10 Å². The van der Waals surface area contributed by atoms with Gasteiger partial charge < -0.3 is 5.11 Å². The number of rotatable bonds is 6. The van der Waals surface area contributed by atoms with E-state index in [1.54, 1.807) is 0 Å². The third-order valence-electron chi connectivity index (χ3n) is 3.21. The summed E-state index contributed by atoms with van der Waals surface area (Å²) < 4.78 is 13.6. The van der Waals surface area contributed by atoms with Crippen molar-refractivity contribution in [3.63, 3.8) is 0 Å². The van der Waals surface area contributed by atoms with Crippen molar-refractivity contribution < 1.29 is 14.1 Å². The van der Waals surface area contributed by atoms with Gasteiger partial charge in [0.25, 0.3) is 0 Å². The van der Waals surface area contributed by atoms with E-state index in [1.165, 1.54) is 25.7 Å². The van der Waals surface area contributed by atoms with Crippen LogP contribution in [0.4, 0.5) is 0 Å². The Hall–Kier alpha value is -1.17. The van der Waals surface area contributed by atoms with Crippen molar-refractivity contribution in [2.45, 2.75) is 43.9 Å². The molecule has 5 nitrogen and oxygen atoms in total. The molecule has 1 atom stereocenters. The third-order valence-corrected chi connectivity index (χ3v) is 4.49. The maximum Gasteiger partial charge on any atom is 0.304 e. The highest BCUT2D eigenvalue weighted by Crippen LogP contribution is 2.28. The minimum absolute atomic E-state index is 0.0457. The van der Waals surface area contributed by atoms with Crippen LogP contribution in [0.2, 0.25) is 0 Å². The molecule has 1 fully saturated rings. The van der Waals surface area contributed by atoms with Gasteiger partial charge in [0.05, 0.1) is 23.9 Å². The molecule has 100 valence electrons. The van der Waals surface area contributed by atoms with Gasteiger partial charge in [-0.1, -0.05) is 12.8 Å². The first-order valence-electron chi connectivity index (χ1n) is 6.26. The van der Waals surface area contributed by atoms with Crippen LogP contribution < -0.4 is 0 Å². The Morgan fingerprint density at radius 3 is 2.89 bits per heavy atom. The van der Waals surface area contributed by atoms with Gasteiger partial charge in [0.2, 0.25) is 0 Å². The van der Waals surface area contributed by atoms with E-state index in [9.17, 15) is 9.00 Å². The molecule has 0 amide bonds. The summed E-state index contributed by atoms with van der Waals surface area (Å²) in [4.78, 5) is 10.4. The van der Waals surface area contributed by atoms with E-state index in [0.29, 0.717) is 11.8 Å². The monoisotopic (exact) mass is 270 g/mol. The fraction of sp³-hybridized carbons (Fsp3) is 0.667. The SMILES string of the molecule is O=C(O)CCS(=O)Cc1ccn(C2CCCC2)n1. The molecule has 0 bridgehead atoms. The summed E-state index contributed by atoms with van der Waals surface area (Å²) in [6.07, 6.45) is 6.75. The summed E-state index contributed by atoms with van der Waals surface area (Å²) in [6, 6.07) is 2.38. The van der Waals surface area contributed by atoms with Gasteiger partial charge >= 0.3 is 5.97 Å². The number of aliphatic carboxylic acids is 1. The molecule has 1 aromatic rings. The summed E-state index contributed by atoms with van der Waals surface area (Å²) >= 11 is 0. The molecule has 1 aliphatic carbocycles. The summed E-state index contributed by atoms with van der Waals surface area (Å²) in [5, 5.41) is 13.0. The van der Waals surface area contributed by atoms with E-state index < -0.39 is 16.8 Å². The smallest absolute Gasteiger partial charge is 0.304 e. The summed E-state index contributed by atoms with van der Waals surface area (Å²) in [5.41, 5.74) is 0.797. The first-order valence-corrected chi connectivity index (χ1v) is 7.75. The molecule has 2 rings (SSSR count). The molecular formula is C12H18N2O3S. The maximum atomic E-state index is 11.6. The van der Waals surface area contributed by atoms with Crippen molar-refractivity contribution in [2.24, 2.45) is 0 Å². The average molecular weight is 270 g/mol. The van der Waals surface area contributed by atoms with Crippen molar-refractivity contribution in [1.29, 1.82) is 0 Å². The summed E-state index contributed by atoms with van der Waals surface area (Å²) in [7, 11) is -1.14. The Bertz CT molecular complexity index is 438. The third kappa shape index (κ3) is 3.66. The van der Waals surface area contributed by atoms with Gasteiger partial charge in [-0.25, -0.2) is 0 Å². The fourth-order valence-electron chi connectivity index (χ4n) is 2.26. The highest BCUT2D eigenvalue weighted by molar-refractivity contribution is 7.84. The van der Waals surface area contributed by atoms with Crippen molar-refractivity contribution >= 4 is 16.8 Å². The van der Waals surface area contributed by atoms with Crippen LogP contribution in [-0.4, -0.2) is 30.8 Å². The summed E-state index contributed by atoms with van der Waals surface area (Å²) in [6.45, 7) is 0. The number of aromatic nitrogens is 2. The molecule has 18 heavy (non-hydrogen) atoms. The van der Waals surface area contributed by atoms with Crippen molar-refractivity contribution in [3.8, 4) is 0 Å². The van der Waals surface area contributed by atoms with Crippen LogP contribution in [0.5, 0.6) is 0 Å². The topological polar surface area (TPSA) is 72.2 Å². The molecule has 1 N–H and O–H groups in total. The number of carboxylic acids is 1. The van der Waals surface area contributed by atoms with Crippen LogP contribution in [0.3, 0.4) is 0 Å². The molecule has 0 saturated heterocycles. The first kappa shape index (κ1) is 13.3. The van der Waals surface area contributed by atoms with Gasteiger partial charge in [0.1, 0.15) is 0 Å². The highest BCUT2D eigenvalue weighted by atomic mass is 32.2. The molecule has 1 aromatic heterocycles. The van der Waals surface area contributed by atoms with Crippen molar-refractivity contribution in [2.75, 3.05) is 5.75 Å². The number of carboxylic acid groups (broad SMARTS) is 1. The number of hydrogen-bond donors (Lipinski definition) is 1. The van der Waals surface area contributed by atoms with Gasteiger partial charge in [0.15, 0.2) is 0 Å². The number of carbonyl (C=O) groups is 1. The standard InChI is InChI=1S/C12H18N2O3S/c15-12(16)6-8-18(17)9-10-5-7-14(13-10)11-3-1-2-4-11/h5,7,11H,1-4,6,8-9H2,(H,15,16). The molecule has 0 aliphatic heterocycles. The van der Waals surface area contributed by atoms with Crippen LogP contribution in [0.1, 0.15) is 43.8 Å². The van der Waals surface area contributed by atoms with E-state index in [2.05, 4.69) is 5.10 Å². The van der Waals surface area contributed by atoms with E-state index in [4.69, 9.17) is 5.11 Å². The lowest BCUT2D eigenvalue weighted by molar-refractivity contribution is -0.136. The van der Waals surface area contributed by atoms with Crippen molar-refractivity contribution in [1.82, 2.24) is 9.78 Å². The zero-order valence-electron chi connectivity index (χ0n) is 10.2. The minimum atomic E-state index is -1.14. The van der Waals surface area contributed by atoms with E-state index in [0.717, 1.165) is 5.69 Å². The van der Waals surface area contributed by atoms with E-state index in [-0.39, 0.29) is 12.2 Å². The zero-order chi connectivity index (χ0) is 13.0. The van der Waals surface area contributed by atoms with Crippen LogP contribution in [0.25, 0.3) is 0 Å². The minimum Gasteiger partial charge on any atom is -0.481 e. The fourth-order valence-corrected chi connectivity index (χ4v) is 3.30. The Balaban J connectivity index is 1.86. The van der Waals surface area contributed by atoms with Crippen molar-refractivity contribution in [3.05, 3.63) is 18.0 Å². The second kappa shape index (κ2) is 6.13. The lowest BCUT2D eigenvalue weighted by Crippen LogP contribution is -2.08. The second-order valence-corrected chi connectivity index (χ2v) is 6.23. The molecule has 0 aromatic carbocycles. The van der Waals surface area contributed by atoms with Crippen LogP contribution in [-0.2, 0) is 21.3 Å². The quantitative estimate of drug-likeness (QED) is 0.854. The van der Waals surface area contributed by atoms with Gasteiger partial charge in [-0.3, -0.25) is 13.7 Å². The van der Waals surface area contributed by atoms with Crippen LogP contribution >= 0.6 is 0 Å². The normalized spacial score (nSPS) is 18.0. The van der Waals surface area contributed by atoms with Gasteiger partial charge in [-0.15, -0.1) is 0 Å². The molecule has 0 spiro atoms. The van der Waals surface area contributed by atoms with E-state index >= 15 is 0 Å².